The molecule has 140 valence electrons. The summed E-state index contributed by atoms with van der Waals surface area (Å²) in [5, 5.41) is 29.3. The number of aromatic hydroxyl groups is 1. The third-order valence-corrected chi connectivity index (χ3v) is 5.44. The van der Waals surface area contributed by atoms with E-state index >= 15 is 0 Å². The zero-order chi connectivity index (χ0) is 19.7. The number of thiophene rings is 1. The smallest absolute Gasteiger partial charge is 0.274 e. The fraction of sp³-hybridized carbons (Fsp3) is 0.100. The molecule has 3 aromatic rings. The van der Waals surface area contributed by atoms with Gasteiger partial charge in [-0.2, -0.15) is 5.10 Å². The van der Waals surface area contributed by atoms with Gasteiger partial charge in [-0.3, -0.25) is 14.9 Å². The maximum absolute atomic E-state index is 13.1. The van der Waals surface area contributed by atoms with Crippen molar-refractivity contribution in [3.05, 3.63) is 92.2 Å². The van der Waals surface area contributed by atoms with Crippen LogP contribution in [0.25, 0.3) is 0 Å². The molecule has 1 N–H and O–H groups in total. The molecule has 0 spiro atoms. The molecule has 0 radical (unpaired) electrons. The summed E-state index contributed by atoms with van der Waals surface area (Å²) < 4.78 is 0. The Morgan fingerprint density at radius 2 is 1.96 bits per heavy atom. The van der Waals surface area contributed by atoms with Crippen LogP contribution in [0.5, 0.6) is 5.75 Å². The lowest BCUT2D eigenvalue weighted by Crippen LogP contribution is -2.27. The van der Waals surface area contributed by atoms with E-state index in [4.69, 9.17) is 0 Å². The predicted octanol–water partition coefficient (Wildman–Crippen LogP) is 4.35. The molecule has 0 fully saturated rings. The highest BCUT2D eigenvalue weighted by Gasteiger charge is 2.36. The summed E-state index contributed by atoms with van der Waals surface area (Å²) in [5.74, 6) is -0.438. The summed E-state index contributed by atoms with van der Waals surface area (Å²) in [7, 11) is 0. The van der Waals surface area contributed by atoms with E-state index in [0.29, 0.717) is 23.3 Å². The number of hydrogen-bond donors (Lipinski definition) is 1. The molecule has 1 aromatic heterocycles. The topological polar surface area (TPSA) is 96.0 Å². The van der Waals surface area contributed by atoms with Crippen molar-refractivity contribution in [2.75, 3.05) is 0 Å². The number of hydrogen-bond acceptors (Lipinski definition) is 6. The summed E-state index contributed by atoms with van der Waals surface area (Å²) in [4.78, 5) is 24.7. The first-order chi connectivity index (χ1) is 13.5. The number of phenolic OH excluding ortho intramolecular Hbond substituents is 1. The number of nitro benzene ring substituents is 1. The average Bonchev–Trinajstić information content (AvgIpc) is 3.38. The van der Waals surface area contributed by atoms with Gasteiger partial charge in [0.25, 0.3) is 11.6 Å². The lowest BCUT2D eigenvalue weighted by Gasteiger charge is -2.22. The van der Waals surface area contributed by atoms with Crippen LogP contribution in [0.4, 0.5) is 5.69 Å². The second-order valence-electron chi connectivity index (χ2n) is 6.26. The quantitative estimate of drug-likeness (QED) is 0.526. The summed E-state index contributed by atoms with van der Waals surface area (Å²) >= 11 is 1.50. The van der Waals surface area contributed by atoms with Crippen molar-refractivity contribution in [3.8, 4) is 5.75 Å². The number of carbonyl (C=O) groups excluding carboxylic acids is 1. The van der Waals surface area contributed by atoms with E-state index in [9.17, 15) is 20.0 Å². The summed E-state index contributed by atoms with van der Waals surface area (Å²) in [5.41, 5.74) is 1.31. The standard InChI is InChI=1S/C20H15N3O4S/c24-18-9-8-14(23(26)27)11-15(18)17-12-16(19-7-4-10-28-19)21-22(17)20(25)13-5-2-1-3-6-13/h1-11,17,24H,12H2/t17-/m1/s1. The van der Waals surface area contributed by atoms with E-state index in [1.54, 1.807) is 24.3 Å². The molecule has 1 aliphatic heterocycles. The Hall–Kier alpha value is -3.52. The SMILES string of the molecule is O=C(c1ccccc1)N1N=C(c2cccs2)C[C@@H]1c1cc([N+](=O)[O-])ccc1O. The molecule has 0 saturated carbocycles. The largest absolute Gasteiger partial charge is 0.508 e. The molecule has 0 bridgehead atoms. The highest BCUT2D eigenvalue weighted by atomic mass is 32.1. The Bertz CT molecular complexity index is 1060. The summed E-state index contributed by atoms with van der Waals surface area (Å²) in [6.07, 6.45) is 0.355. The molecule has 0 saturated heterocycles. The number of nitrogens with zero attached hydrogens (tertiary/aromatic N) is 3. The summed E-state index contributed by atoms with van der Waals surface area (Å²) in [6.45, 7) is 0. The fourth-order valence-electron chi connectivity index (χ4n) is 3.17. The van der Waals surface area contributed by atoms with Crippen molar-refractivity contribution in [2.24, 2.45) is 5.10 Å². The number of rotatable bonds is 4. The van der Waals surface area contributed by atoms with Crippen LogP contribution in [-0.4, -0.2) is 26.7 Å². The number of non-ortho nitro benzene ring substituents is 1. The molecule has 2 heterocycles. The molecule has 1 aliphatic rings. The second kappa shape index (κ2) is 7.24. The van der Waals surface area contributed by atoms with Gasteiger partial charge in [0, 0.05) is 29.7 Å². The van der Waals surface area contributed by atoms with E-state index in [2.05, 4.69) is 5.10 Å². The van der Waals surface area contributed by atoms with Crippen molar-refractivity contribution in [1.29, 1.82) is 0 Å². The number of amides is 1. The van der Waals surface area contributed by atoms with Gasteiger partial charge in [-0.15, -0.1) is 11.3 Å². The Morgan fingerprint density at radius 1 is 1.18 bits per heavy atom. The average molecular weight is 393 g/mol. The minimum Gasteiger partial charge on any atom is -0.508 e. The van der Waals surface area contributed by atoms with Gasteiger partial charge < -0.3 is 5.11 Å². The lowest BCUT2D eigenvalue weighted by atomic mass is 9.99. The van der Waals surface area contributed by atoms with Crippen molar-refractivity contribution >= 4 is 28.6 Å². The van der Waals surface area contributed by atoms with Gasteiger partial charge in [-0.1, -0.05) is 24.3 Å². The Labute approximate surface area is 164 Å². The molecular weight excluding hydrogens is 378 g/mol. The molecular formula is C20H15N3O4S. The van der Waals surface area contributed by atoms with Crippen molar-refractivity contribution in [3.63, 3.8) is 0 Å². The molecule has 0 aliphatic carbocycles. The van der Waals surface area contributed by atoms with Crippen LogP contribution in [0, 0.1) is 10.1 Å². The highest BCUT2D eigenvalue weighted by Crippen LogP contribution is 2.39. The normalized spacial score (nSPS) is 16.1. The van der Waals surface area contributed by atoms with Crippen LogP contribution in [0.3, 0.4) is 0 Å². The first-order valence-corrected chi connectivity index (χ1v) is 9.40. The van der Waals surface area contributed by atoms with Crippen LogP contribution in [0.2, 0.25) is 0 Å². The van der Waals surface area contributed by atoms with Crippen LogP contribution in [0.15, 0.2) is 71.1 Å². The zero-order valence-electron chi connectivity index (χ0n) is 14.6. The van der Waals surface area contributed by atoms with Crippen molar-refractivity contribution in [2.45, 2.75) is 12.5 Å². The second-order valence-corrected chi connectivity index (χ2v) is 7.21. The third kappa shape index (κ3) is 3.25. The molecule has 0 unspecified atom stereocenters. The maximum Gasteiger partial charge on any atom is 0.274 e. The third-order valence-electron chi connectivity index (χ3n) is 4.53. The number of benzene rings is 2. The van der Waals surface area contributed by atoms with E-state index in [-0.39, 0.29) is 17.3 Å². The van der Waals surface area contributed by atoms with Crippen LogP contribution >= 0.6 is 11.3 Å². The van der Waals surface area contributed by atoms with Gasteiger partial charge >= 0.3 is 0 Å². The minimum absolute atomic E-state index is 0.107. The summed E-state index contributed by atoms with van der Waals surface area (Å²) in [6, 6.07) is 15.7. The maximum atomic E-state index is 13.1. The number of hydrazone groups is 1. The molecule has 1 atom stereocenters. The van der Waals surface area contributed by atoms with Gasteiger partial charge in [-0.25, -0.2) is 5.01 Å². The van der Waals surface area contributed by atoms with Crippen molar-refractivity contribution in [1.82, 2.24) is 5.01 Å². The minimum atomic E-state index is -0.635. The van der Waals surface area contributed by atoms with Crippen LogP contribution < -0.4 is 0 Å². The van der Waals surface area contributed by atoms with Crippen LogP contribution in [-0.2, 0) is 0 Å². The molecule has 2 aromatic carbocycles. The van der Waals surface area contributed by atoms with Crippen LogP contribution in [0.1, 0.15) is 33.3 Å². The number of phenols is 1. The first kappa shape index (κ1) is 17.9. The van der Waals surface area contributed by atoms with E-state index < -0.39 is 11.0 Å². The molecule has 4 rings (SSSR count). The zero-order valence-corrected chi connectivity index (χ0v) is 15.4. The molecule has 28 heavy (non-hydrogen) atoms. The Balaban J connectivity index is 1.78. The first-order valence-electron chi connectivity index (χ1n) is 8.52. The number of nitro groups is 1. The lowest BCUT2D eigenvalue weighted by molar-refractivity contribution is -0.385. The Morgan fingerprint density at radius 3 is 2.64 bits per heavy atom. The van der Waals surface area contributed by atoms with Gasteiger partial charge in [0.15, 0.2) is 0 Å². The van der Waals surface area contributed by atoms with Gasteiger partial charge in [-0.05, 0) is 29.6 Å². The molecule has 1 amide bonds. The molecule has 8 heteroatoms. The monoisotopic (exact) mass is 393 g/mol. The van der Waals surface area contributed by atoms with Gasteiger partial charge in [0.05, 0.1) is 21.6 Å². The van der Waals surface area contributed by atoms with E-state index in [1.807, 2.05) is 23.6 Å². The van der Waals surface area contributed by atoms with Crippen molar-refractivity contribution < 1.29 is 14.8 Å². The fourth-order valence-corrected chi connectivity index (χ4v) is 3.89. The van der Waals surface area contributed by atoms with E-state index in [1.165, 1.54) is 34.5 Å². The van der Waals surface area contributed by atoms with E-state index in [0.717, 1.165) is 4.88 Å². The predicted molar refractivity (Wildman–Crippen MR) is 106 cm³/mol. The number of carbonyl (C=O) groups is 1. The van der Waals surface area contributed by atoms with Gasteiger partial charge in [0.2, 0.25) is 0 Å². The highest BCUT2D eigenvalue weighted by molar-refractivity contribution is 7.12. The Kier molecular flexibility index (Phi) is 4.62. The molecule has 7 nitrogen and oxygen atoms in total. The van der Waals surface area contributed by atoms with Gasteiger partial charge in [0.1, 0.15) is 5.75 Å².